The summed E-state index contributed by atoms with van der Waals surface area (Å²) in [6, 6.07) is 0. The number of aliphatic hydroxyl groups is 4. The molecule has 0 aliphatic carbocycles. The van der Waals surface area contributed by atoms with Gasteiger partial charge in [0, 0.05) is 18.1 Å². The predicted octanol–water partition coefficient (Wildman–Crippen LogP) is -0.717. The normalized spacial score (nSPS) is 33.7. The van der Waals surface area contributed by atoms with Crippen molar-refractivity contribution in [3.8, 4) is 0 Å². The topological polar surface area (TPSA) is 148 Å². The standard InChI is InChI=1S/C11H21N3O6/c12-14-13-4-2-1-3-5-19-10-8(16)7(6-15)20-11(18)9(10)17/h7-11,15-18H,1-6H2/t7?,8-,9?,10?,11?/m1/s1. The first-order chi connectivity index (χ1) is 9.61. The number of hydrogen-bond donors (Lipinski definition) is 4. The Balaban J connectivity index is 2.30. The molecule has 9 nitrogen and oxygen atoms in total. The molecular formula is C11H21N3O6. The van der Waals surface area contributed by atoms with Crippen LogP contribution in [0.5, 0.6) is 0 Å². The van der Waals surface area contributed by atoms with Crippen molar-refractivity contribution >= 4 is 0 Å². The Labute approximate surface area is 116 Å². The van der Waals surface area contributed by atoms with Gasteiger partial charge in [-0.2, -0.15) is 0 Å². The average Bonchev–Trinajstić information content (AvgIpc) is 2.45. The third kappa shape index (κ3) is 4.88. The van der Waals surface area contributed by atoms with E-state index in [2.05, 4.69) is 10.0 Å². The highest BCUT2D eigenvalue weighted by Gasteiger charge is 2.44. The van der Waals surface area contributed by atoms with Crippen LogP contribution in [0.2, 0.25) is 0 Å². The number of aliphatic hydroxyl groups excluding tert-OH is 4. The Hall–Kier alpha value is -0.930. The van der Waals surface area contributed by atoms with Crippen LogP contribution in [0.3, 0.4) is 0 Å². The Bertz CT molecular complexity index is 325. The molecule has 0 spiro atoms. The molecule has 20 heavy (non-hydrogen) atoms. The Kier molecular flexibility index (Phi) is 7.78. The van der Waals surface area contributed by atoms with E-state index in [0.29, 0.717) is 13.0 Å². The van der Waals surface area contributed by atoms with E-state index < -0.39 is 37.3 Å². The maximum Gasteiger partial charge on any atom is 0.184 e. The van der Waals surface area contributed by atoms with E-state index in [0.717, 1.165) is 12.8 Å². The zero-order valence-electron chi connectivity index (χ0n) is 11.1. The Morgan fingerprint density at radius 2 is 1.90 bits per heavy atom. The lowest BCUT2D eigenvalue weighted by Gasteiger charge is -2.39. The first-order valence-electron chi connectivity index (χ1n) is 6.54. The highest BCUT2D eigenvalue weighted by molar-refractivity contribution is 4.89. The molecule has 5 atom stereocenters. The molecule has 0 saturated carbocycles. The van der Waals surface area contributed by atoms with Crippen LogP contribution in [-0.4, -0.2) is 70.9 Å². The summed E-state index contributed by atoms with van der Waals surface area (Å²) in [5, 5.41) is 41.4. The summed E-state index contributed by atoms with van der Waals surface area (Å²) in [5.41, 5.74) is 8.09. The Morgan fingerprint density at radius 3 is 2.55 bits per heavy atom. The van der Waals surface area contributed by atoms with Crippen LogP contribution in [0.1, 0.15) is 19.3 Å². The fourth-order valence-electron chi connectivity index (χ4n) is 1.99. The number of ether oxygens (including phenoxy) is 2. The molecule has 1 aliphatic heterocycles. The molecule has 1 heterocycles. The smallest absolute Gasteiger partial charge is 0.184 e. The van der Waals surface area contributed by atoms with Gasteiger partial charge in [-0.15, -0.1) is 0 Å². The molecule has 0 aromatic carbocycles. The lowest BCUT2D eigenvalue weighted by atomic mass is 9.99. The van der Waals surface area contributed by atoms with Gasteiger partial charge in [0.25, 0.3) is 0 Å². The molecule has 1 aliphatic rings. The molecule has 0 radical (unpaired) electrons. The van der Waals surface area contributed by atoms with Crippen molar-refractivity contribution in [3.63, 3.8) is 0 Å². The van der Waals surface area contributed by atoms with Gasteiger partial charge in [-0.3, -0.25) is 0 Å². The molecule has 0 bridgehead atoms. The molecule has 4 unspecified atom stereocenters. The summed E-state index contributed by atoms with van der Waals surface area (Å²) in [7, 11) is 0. The largest absolute Gasteiger partial charge is 0.394 e. The van der Waals surface area contributed by atoms with Crippen LogP contribution >= 0.6 is 0 Å². The van der Waals surface area contributed by atoms with Gasteiger partial charge in [-0.25, -0.2) is 0 Å². The van der Waals surface area contributed by atoms with Gasteiger partial charge in [0.1, 0.15) is 24.4 Å². The molecule has 116 valence electrons. The van der Waals surface area contributed by atoms with E-state index in [1.807, 2.05) is 0 Å². The van der Waals surface area contributed by atoms with E-state index in [9.17, 15) is 15.3 Å². The molecule has 1 rings (SSSR count). The van der Waals surface area contributed by atoms with E-state index in [4.69, 9.17) is 20.1 Å². The van der Waals surface area contributed by atoms with Crippen LogP contribution in [0.4, 0.5) is 0 Å². The van der Waals surface area contributed by atoms with Gasteiger partial charge in [0.05, 0.1) is 6.61 Å². The van der Waals surface area contributed by atoms with Crippen molar-refractivity contribution < 1.29 is 29.9 Å². The number of unbranched alkanes of at least 4 members (excludes halogenated alkanes) is 2. The van der Waals surface area contributed by atoms with Crippen LogP contribution in [0.15, 0.2) is 5.11 Å². The van der Waals surface area contributed by atoms with E-state index >= 15 is 0 Å². The van der Waals surface area contributed by atoms with Crippen molar-refractivity contribution in [2.24, 2.45) is 5.11 Å². The highest BCUT2D eigenvalue weighted by Crippen LogP contribution is 2.22. The highest BCUT2D eigenvalue weighted by atomic mass is 16.6. The second kappa shape index (κ2) is 9.09. The maximum atomic E-state index is 9.85. The van der Waals surface area contributed by atoms with Crippen molar-refractivity contribution in [2.75, 3.05) is 19.8 Å². The third-order valence-corrected chi connectivity index (χ3v) is 3.12. The first-order valence-corrected chi connectivity index (χ1v) is 6.54. The minimum atomic E-state index is -1.49. The number of rotatable bonds is 8. The average molecular weight is 291 g/mol. The van der Waals surface area contributed by atoms with Gasteiger partial charge >= 0.3 is 0 Å². The van der Waals surface area contributed by atoms with Crippen molar-refractivity contribution in [1.29, 1.82) is 0 Å². The number of azide groups is 1. The summed E-state index contributed by atoms with van der Waals surface area (Å²) in [6.07, 6.45) is -3.88. The first kappa shape index (κ1) is 17.1. The fourth-order valence-corrected chi connectivity index (χ4v) is 1.99. The molecule has 9 heteroatoms. The van der Waals surface area contributed by atoms with Crippen molar-refractivity contribution in [1.82, 2.24) is 0 Å². The minimum Gasteiger partial charge on any atom is -0.394 e. The monoisotopic (exact) mass is 291 g/mol. The van der Waals surface area contributed by atoms with Crippen LogP contribution in [0.25, 0.3) is 10.4 Å². The lowest BCUT2D eigenvalue weighted by Crippen LogP contribution is -2.59. The number of nitrogens with zero attached hydrogens (tertiary/aromatic N) is 3. The van der Waals surface area contributed by atoms with Gasteiger partial charge in [0.15, 0.2) is 6.29 Å². The molecule has 0 amide bonds. The maximum absolute atomic E-state index is 9.85. The molecule has 4 N–H and O–H groups in total. The summed E-state index contributed by atoms with van der Waals surface area (Å²) in [4.78, 5) is 2.64. The second-order valence-electron chi connectivity index (χ2n) is 4.58. The zero-order chi connectivity index (χ0) is 15.0. The molecule has 1 saturated heterocycles. The minimum absolute atomic E-state index is 0.278. The van der Waals surface area contributed by atoms with Gasteiger partial charge in [0.2, 0.25) is 0 Å². The molecular weight excluding hydrogens is 270 g/mol. The van der Waals surface area contributed by atoms with Crippen LogP contribution in [-0.2, 0) is 9.47 Å². The van der Waals surface area contributed by atoms with Crippen molar-refractivity contribution in [3.05, 3.63) is 10.4 Å². The predicted molar refractivity (Wildman–Crippen MR) is 67.6 cm³/mol. The molecule has 0 aromatic rings. The fraction of sp³-hybridized carbons (Fsp3) is 1.00. The molecule has 0 aromatic heterocycles. The Morgan fingerprint density at radius 1 is 1.15 bits per heavy atom. The van der Waals surface area contributed by atoms with E-state index in [-0.39, 0.29) is 6.61 Å². The third-order valence-electron chi connectivity index (χ3n) is 3.12. The zero-order valence-corrected chi connectivity index (χ0v) is 11.1. The lowest BCUT2D eigenvalue weighted by molar-refractivity contribution is -0.294. The summed E-state index contributed by atoms with van der Waals surface area (Å²) in [6.45, 7) is 0.223. The van der Waals surface area contributed by atoms with Gasteiger partial charge in [-0.1, -0.05) is 11.5 Å². The number of hydrogen-bond acceptors (Lipinski definition) is 7. The summed E-state index contributed by atoms with van der Waals surface area (Å²) >= 11 is 0. The SMILES string of the molecule is [N-]=[N+]=NCCCCCOC1C(O)C(O)OC(CO)[C@H]1O. The second-order valence-corrected chi connectivity index (χ2v) is 4.58. The molecule has 1 fully saturated rings. The summed E-state index contributed by atoms with van der Waals surface area (Å²) in [5.74, 6) is 0. The summed E-state index contributed by atoms with van der Waals surface area (Å²) < 4.78 is 10.2. The van der Waals surface area contributed by atoms with Crippen LogP contribution < -0.4 is 0 Å². The van der Waals surface area contributed by atoms with Crippen molar-refractivity contribution in [2.45, 2.75) is 50.0 Å². The van der Waals surface area contributed by atoms with Crippen LogP contribution in [0, 0.1) is 0 Å². The van der Waals surface area contributed by atoms with E-state index in [1.165, 1.54) is 0 Å². The quantitative estimate of drug-likeness (QED) is 0.201. The van der Waals surface area contributed by atoms with Gasteiger partial charge in [-0.05, 0) is 18.4 Å². The van der Waals surface area contributed by atoms with Gasteiger partial charge < -0.3 is 29.9 Å². The van der Waals surface area contributed by atoms with E-state index in [1.54, 1.807) is 0 Å².